The van der Waals surface area contributed by atoms with Gasteiger partial charge in [0.05, 0.1) is 0 Å². The van der Waals surface area contributed by atoms with Gasteiger partial charge in [0.25, 0.3) is 0 Å². The van der Waals surface area contributed by atoms with Crippen LogP contribution in [-0.2, 0) is 16.6 Å². The fourth-order valence-electron chi connectivity index (χ4n) is 1.09. The van der Waals surface area contributed by atoms with Crippen LogP contribution < -0.4 is 0 Å². The molecule has 1 heterocycles. The van der Waals surface area contributed by atoms with E-state index in [2.05, 4.69) is 4.98 Å². The zero-order valence-electron chi connectivity index (χ0n) is 8.93. The maximum atomic E-state index is 11.3. The molecule has 80 valence electrons. The van der Waals surface area contributed by atoms with Crippen LogP contribution in [0.5, 0.6) is 0 Å². The number of carbonyl (C=O) groups is 2. The average Bonchev–Trinajstić information content (AvgIpc) is 2.58. The number of rotatable bonds is 5. The maximum absolute atomic E-state index is 11.3. The highest BCUT2D eigenvalue weighted by atomic mass is 16.1. The first-order chi connectivity index (χ1) is 7.09. The number of nitrogens with zero attached hydrogens (tertiary/aromatic N) is 2. The molecule has 0 aliphatic carbocycles. The van der Waals surface area contributed by atoms with Gasteiger partial charge < -0.3 is 9.36 Å². The van der Waals surface area contributed by atoms with Crippen LogP contribution in [0.2, 0.25) is 0 Å². The molecule has 0 spiro atoms. The molecule has 0 saturated carbocycles. The van der Waals surface area contributed by atoms with Gasteiger partial charge in [0.1, 0.15) is 11.6 Å². The highest BCUT2D eigenvalue weighted by Gasteiger charge is 2.00. The Bertz CT molecular complexity index is 391. The second kappa shape index (κ2) is 5.24. The highest BCUT2D eigenvalue weighted by Crippen LogP contribution is 1.99. The number of carbonyl (C=O) groups excluding carboxylic acids is 2. The van der Waals surface area contributed by atoms with Gasteiger partial charge in [-0.2, -0.15) is 0 Å². The molecule has 4 heteroatoms. The highest BCUT2D eigenvalue weighted by molar-refractivity contribution is 5.95. The number of aromatic nitrogens is 2. The molecule has 0 bridgehead atoms. The van der Waals surface area contributed by atoms with Gasteiger partial charge in [0, 0.05) is 32.3 Å². The van der Waals surface area contributed by atoms with E-state index in [-0.39, 0.29) is 18.0 Å². The fourth-order valence-corrected chi connectivity index (χ4v) is 1.09. The smallest absolute Gasteiger partial charge is 0.156 e. The van der Waals surface area contributed by atoms with E-state index in [0.29, 0.717) is 6.42 Å². The maximum Gasteiger partial charge on any atom is 0.156 e. The predicted molar refractivity (Wildman–Crippen MR) is 57.2 cm³/mol. The third-order valence-corrected chi connectivity index (χ3v) is 2.00. The Kier molecular flexibility index (Phi) is 3.97. The third-order valence-electron chi connectivity index (χ3n) is 2.00. The molecule has 0 unspecified atom stereocenters. The lowest BCUT2D eigenvalue weighted by molar-refractivity contribution is -0.120. The van der Waals surface area contributed by atoms with Crippen LogP contribution in [0.25, 0.3) is 6.08 Å². The van der Waals surface area contributed by atoms with Crippen molar-refractivity contribution in [3.05, 3.63) is 24.3 Å². The number of allylic oxidation sites excluding steroid dienone is 1. The molecule has 0 N–H and O–H groups in total. The Morgan fingerprint density at radius 3 is 2.73 bits per heavy atom. The van der Waals surface area contributed by atoms with Crippen LogP contribution in [0.4, 0.5) is 0 Å². The van der Waals surface area contributed by atoms with Gasteiger partial charge in [0.2, 0.25) is 0 Å². The lowest BCUT2D eigenvalue weighted by atomic mass is 10.1. The van der Waals surface area contributed by atoms with E-state index in [1.165, 1.54) is 13.0 Å². The third kappa shape index (κ3) is 3.89. The number of Topliss-reactive ketones (excluding diaryl/α,β-unsaturated/α-hetero) is 1. The molecule has 1 aromatic heterocycles. The number of imidazole rings is 1. The minimum Gasteiger partial charge on any atom is -0.335 e. The Balaban J connectivity index is 2.48. The molecule has 0 amide bonds. The van der Waals surface area contributed by atoms with Gasteiger partial charge in [-0.3, -0.25) is 4.79 Å². The van der Waals surface area contributed by atoms with Crippen molar-refractivity contribution in [2.24, 2.45) is 7.05 Å². The number of hydrogen-bond acceptors (Lipinski definition) is 3. The minimum atomic E-state index is -0.0480. The van der Waals surface area contributed by atoms with Crippen molar-refractivity contribution in [2.45, 2.75) is 19.8 Å². The number of aryl methyl sites for hydroxylation is 1. The molecule has 4 nitrogen and oxygen atoms in total. The average molecular weight is 206 g/mol. The lowest BCUT2D eigenvalue weighted by Crippen LogP contribution is -1.98. The zero-order valence-corrected chi connectivity index (χ0v) is 8.93. The van der Waals surface area contributed by atoms with Crippen molar-refractivity contribution >= 4 is 17.6 Å². The SMILES string of the molecule is CC(=O)CCC(=O)/C=C/c1nccn1C. The topological polar surface area (TPSA) is 52.0 Å². The Morgan fingerprint density at radius 2 is 2.20 bits per heavy atom. The summed E-state index contributed by atoms with van der Waals surface area (Å²) in [5.74, 6) is 0.716. The monoisotopic (exact) mass is 206 g/mol. The van der Waals surface area contributed by atoms with Crippen molar-refractivity contribution in [3.63, 3.8) is 0 Å². The Hall–Kier alpha value is -1.71. The quantitative estimate of drug-likeness (QED) is 0.684. The van der Waals surface area contributed by atoms with Crippen molar-refractivity contribution in [1.82, 2.24) is 9.55 Å². The van der Waals surface area contributed by atoms with Crippen LogP contribution in [0.15, 0.2) is 18.5 Å². The lowest BCUT2D eigenvalue weighted by Gasteiger charge is -1.94. The van der Waals surface area contributed by atoms with E-state index in [1.807, 2.05) is 11.6 Å². The molecule has 0 fully saturated rings. The van der Waals surface area contributed by atoms with E-state index >= 15 is 0 Å². The largest absolute Gasteiger partial charge is 0.335 e. The van der Waals surface area contributed by atoms with Crippen LogP contribution in [0.1, 0.15) is 25.6 Å². The van der Waals surface area contributed by atoms with E-state index in [9.17, 15) is 9.59 Å². The summed E-state index contributed by atoms with van der Waals surface area (Å²) in [4.78, 5) is 26.0. The summed E-state index contributed by atoms with van der Waals surface area (Å²) < 4.78 is 1.81. The molecule has 1 aromatic rings. The second-order valence-corrected chi connectivity index (χ2v) is 3.40. The van der Waals surface area contributed by atoms with Crippen molar-refractivity contribution < 1.29 is 9.59 Å². The normalized spacial score (nSPS) is 10.8. The molecular weight excluding hydrogens is 192 g/mol. The number of ketones is 2. The van der Waals surface area contributed by atoms with Crippen molar-refractivity contribution in [3.8, 4) is 0 Å². The van der Waals surface area contributed by atoms with E-state index in [0.717, 1.165) is 5.82 Å². The molecular formula is C11H14N2O2. The molecule has 0 saturated heterocycles. The van der Waals surface area contributed by atoms with Crippen LogP contribution >= 0.6 is 0 Å². The first-order valence-electron chi connectivity index (χ1n) is 4.77. The van der Waals surface area contributed by atoms with Crippen LogP contribution in [-0.4, -0.2) is 21.1 Å². The van der Waals surface area contributed by atoms with Gasteiger partial charge in [-0.05, 0) is 19.1 Å². The first-order valence-corrected chi connectivity index (χ1v) is 4.77. The predicted octanol–water partition coefficient (Wildman–Crippen LogP) is 1.37. The summed E-state index contributed by atoms with van der Waals surface area (Å²) in [6, 6.07) is 0. The van der Waals surface area contributed by atoms with Gasteiger partial charge in [-0.1, -0.05) is 0 Å². The molecule has 0 aliphatic heterocycles. The second-order valence-electron chi connectivity index (χ2n) is 3.40. The molecule has 15 heavy (non-hydrogen) atoms. The van der Waals surface area contributed by atoms with Gasteiger partial charge in [-0.15, -0.1) is 0 Å². The van der Waals surface area contributed by atoms with E-state index in [4.69, 9.17) is 0 Å². The van der Waals surface area contributed by atoms with E-state index < -0.39 is 0 Å². The first kappa shape index (κ1) is 11.4. The molecule has 0 aliphatic rings. The summed E-state index contributed by atoms with van der Waals surface area (Å²) in [6.45, 7) is 1.48. The van der Waals surface area contributed by atoms with Crippen molar-refractivity contribution in [2.75, 3.05) is 0 Å². The van der Waals surface area contributed by atoms with Crippen LogP contribution in [0, 0.1) is 0 Å². The summed E-state index contributed by atoms with van der Waals surface area (Å²) in [7, 11) is 1.85. The van der Waals surface area contributed by atoms with Crippen LogP contribution in [0.3, 0.4) is 0 Å². The molecule has 0 atom stereocenters. The standard InChI is InChI=1S/C11H14N2O2/c1-9(14)3-4-10(15)5-6-11-12-7-8-13(11)2/h5-8H,3-4H2,1-2H3/b6-5+. The minimum absolute atomic E-state index is 0.0359. The van der Waals surface area contributed by atoms with Gasteiger partial charge >= 0.3 is 0 Å². The summed E-state index contributed by atoms with van der Waals surface area (Å²) in [5, 5.41) is 0. The zero-order chi connectivity index (χ0) is 11.3. The summed E-state index contributed by atoms with van der Waals surface area (Å²) in [5.41, 5.74) is 0. The summed E-state index contributed by atoms with van der Waals surface area (Å²) in [6.07, 6.45) is 7.17. The Labute approximate surface area is 88.6 Å². The Morgan fingerprint density at radius 1 is 1.47 bits per heavy atom. The summed E-state index contributed by atoms with van der Waals surface area (Å²) >= 11 is 0. The van der Waals surface area contributed by atoms with Gasteiger partial charge in [0.15, 0.2) is 5.78 Å². The molecule has 1 rings (SSSR count). The fraction of sp³-hybridized carbons (Fsp3) is 0.364. The molecule has 0 radical (unpaired) electrons. The molecule has 0 aromatic carbocycles. The number of hydrogen-bond donors (Lipinski definition) is 0. The van der Waals surface area contributed by atoms with Gasteiger partial charge in [-0.25, -0.2) is 4.98 Å². The van der Waals surface area contributed by atoms with E-state index in [1.54, 1.807) is 18.5 Å². The van der Waals surface area contributed by atoms with Crippen molar-refractivity contribution in [1.29, 1.82) is 0 Å².